The fraction of sp³-hybridized carbons (Fsp3) is 0.474. The minimum absolute atomic E-state index is 0.251. The molecule has 0 aliphatic heterocycles. The average Bonchev–Trinajstić information content (AvgIpc) is 2.61. The van der Waals surface area contributed by atoms with Gasteiger partial charge < -0.3 is 15.4 Å². The maximum absolute atomic E-state index is 12.7. The third-order valence-corrected chi connectivity index (χ3v) is 5.47. The minimum atomic E-state index is -0.916. The molecule has 3 rings (SSSR count). The number of benzene rings is 1. The van der Waals surface area contributed by atoms with Crippen LogP contribution < -0.4 is 16.6 Å². The zero-order chi connectivity index (χ0) is 19.8. The summed E-state index contributed by atoms with van der Waals surface area (Å²) >= 11 is 0. The van der Waals surface area contributed by atoms with Crippen LogP contribution in [0, 0.1) is 5.92 Å². The molecule has 1 amide bonds. The Bertz CT molecular complexity index is 1020. The number of fused-ring (bicyclic) bond motifs is 1. The number of nitrogens with zero attached hydrogens (tertiary/aromatic N) is 1. The van der Waals surface area contributed by atoms with Crippen LogP contribution in [0.5, 0.6) is 0 Å². The number of H-pyrrole nitrogens is 1. The molecule has 0 saturated heterocycles. The minimum Gasteiger partial charge on any atom is -0.481 e. The Morgan fingerprint density at radius 3 is 2.74 bits per heavy atom. The van der Waals surface area contributed by atoms with E-state index in [1.165, 1.54) is 18.2 Å². The first-order valence-corrected chi connectivity index (χ1v) is 9.09. The standard InChI is InChI=1S/C19H23N3O5/c1-3-22-16(24)12-8-7-11(10-14(12)20-18(22)27)15(23)21-19(2)9-5-4-6-13(19)17(25)26/h7-8,10,13H,3-6,9H2,1-2H3,(H,20,27)(H,21,23)(H,25,26). The highest BCUT2D eigenvalue weighted by Crippen LogP contribution is 2.34. The molecule has 2 aromatic rings. The van der Waals surface area contributed by atoms with Crippen LogP contribution in [0.2, 0.25) is 0 Å². The summed E-state index contributed by atoms with van der Waals surface area (Å²) in [6.07, 6.45) is 2.78. The van der Waals surface area contributed by atoms with Gasteiger partial charge >= 0.3 is 11.7 Å². The van der Waals surface area contributed by atoms with Gasteiger partial charge in [0.05, 0.1) is 22.4 Å². The Balaban J connectivity index is 1.95. The zero-order valence-corrected chi connectivity index (χ0v) is 15.4. The molecular formula is C19H23N3O5. The quantitative estimate of drug-likeness (QED) is 0.749. The van der Waals surface area contributed by atoms with Crippen LogP contribution in [0.3, 0.4) is 0 Å². The molecule has 2 atom stereocenters. The molecule has 0 spiro atoms. The van der Waals surface area contributed by atoms with E-state index in [-0.39, 0.29) is 17.6 Å². The molecule has 0 bridgehead atoms. The van der Waals surface area contributed by atoms with Crippen molar-refractivity contribution in [3.8, 4) is 0 Å². The van der Waals surface area contributed by atoms with Crippen molar-refractivity contribution < 1.29 is 14.7 Å². The summed E-state index contributed by atoms with van der Waals surface area (Å²) in [5, 5.41) is 12.7. The van der Waals surface area contributed by atoms with Crippen LogP contribution in [-0.2, 0) is 11.3 Å². The second kappa shape index (κ2) is 7.02. The number of hydrogen-bond acceptors (Lipinski definition) is 4. The van der Waals surface area contributed by atoms with Crippen molar-refractivity contribution in [2.24, 2.45) is 5.92 Å². The third kappa shape index (κ3) is 3.39. The van der Waals surface area contributed by atoms with E-state index in [1.807, 2.05) is 0 Å². The Kier molecular flexibility index (Phi) is 4.91. The van der Waals surface area contributed by atoms with Gasteiger partial charge in [-0.15, -0.1) is 0 Å². The summed E-state index contributed by atoms with van der Waals surface area (Å²) in [4.78, 5) is 51.3. The van der Waals surface area contributed by atoms with Crippen molar-refractivity contribution >= 4 is 22.8 Å². The molecule has 2 unspecified atom stereocenters. The first-order chi connectivity index (χ1) is 12.8. The van der Waals surface area contributed by atoms with E-state index in [0.29, 0.717) is 18.2 Å². The number of aliphatic carboxylic acids is 1. The van der Waals surface area contributed by atoms with Crippen molar-refractivity contribution in [3.05, 3.63) is 44.6 Å². The molecule has 1 aromatic carbocycles. The maximum atomic E-state index is 12.7. The zero-order valence-electron chi connectivity index (χ0n) is 15.4. The van der Waals surface area contributed by atoms with Crippen LogP contribution in [-0.4, -0.2) is 32.1 Å². The van der Waals surface area contributed by atoms with E-state index in [9.17, 15) is 24.3 Å². The summed E-state index contributed by atoms with van der Waals surface area (Å²) in [6, 6.07) is 4.47. The molecule has 144 valence electrons. The molecular weight excluding hydrogens is 350 g/mol. The van der Waals surface area contributed by atoms with Gasteiger partial charge in [-0.3, -0.25) is 19.0 Å². The van der Waals surface area contributed by atoms with Gasteiger partial charge in [0.15, 0.2) is 0 Å². The summed E-state index contributed by atoms with van der Waals surface area (Å²) in [5.74, 6) is -1.99. The molecule has 1 aliphatic carbocycles. The number of carbonyl (C=O) groups is 2. The van der Waals surface area contributed by atoms with E-state index in [0.717, 1.165) is 17.4 Å². The predicted octanol–water partition coefficient (Wildman–Crippen LogP) is 1.47. The van der Waals surface area contributed by atoms with E-state index < -0.39 is 34.6 Å². The lowest BCUT2D eigenvalue weighted by atomic mass is 9.73. The SMILES string of the molecule is CCn1c(=O)[nH]c2cc(C(=O)NC3(C)CCCCC3C(=O)O)ccc2c1=O. The fourth-order valence-electron chi connectivity index (χ4n) is 3.89. The summed E-state index contributed by atoms with van der Waals surface area (Å²) in [5.41, 5.74) is -1.23. The summed E-state index contributed by atoms with van der Waals surface area (Å²) in [6.45, 7) is 3.71. The Labute approximate surface area is 155 Å². The normalized spacial score (nSPS) is 22.5. The fourth-order valence-corrected chi connectivity index (χ4v) is 3.89. The summed E-state index contributed by atoms with van der Waals surface area (Å²) in [7, 11) is 0. The Morgan fingerprint density at radius 1 is 1.33 bits per heavy atom. The van der Waals surface area contributed by atoms with Crippen molar-refractivity contribution in [1.82, 2.24) is 14.9 Å². The van der Waals surface area contributed by atoms with Crippen LogP contribution in [0.1, 0.15) is 49.9 Å². The predicted molar refractivity (Wildman–Crippen MR) is 100.0 cm³/mol. The van der Waals surface area contributed by atoms with Gasteiger partial charge in [0.2, 0.25) is 0 Å². The molecule has 1 saturated carbocycles. The van der Waals surface area contributed by atoms with Crippen LogP contribution in [0.4, 0.5) is 0 Å². The lowest BCUT2D eigenvalue weighted by Gasteiger charge is -2.39. The molecule has 8 heteroatoms. The van der Waals surface area contributed by atoms with Crippen molar-refractivity contribution in [1.29, 1.82) is 0 Å². The van der Waals surface area contributed by atoms with Gasteiger partial charge in [0, 0.05) is 12.1 Å². The van der Waals surface area contributed by atoms with E-state index in [4.69, 9.17) is 0 Å². The van der Waals surface area contributed by atoms with Crippen LogP contribution >= 0.6 is 0 Å². The van der Waals surface area contributed by atoms with Crippen molar-refractivity contribution in [2.75, 3.05) is 0 Å². The second-order valence-electron chi connectivity index (χ2n) is 7.25. The van der Waals surface area contributed by atoms with Gasteiger partial charge in [-0.05, 0) is 44.9 Å². The number of amides is 1. The highest BCUT2D eigenvalue weighted by atomic mass is 16.4. The first kappa shape index (κ1) is 18.9. The van der Waals surface area contributed by atoms with Gasteiger partial charge in [-0.2, -0.15) is 0 Å². The molecule has 1 heterocycles. The lowest BCUT2D eigenvalue weighted by molar-refractivity contribution is -0.145. The molecule has 1 aromatic heterocycles. The smallest absolute Gasteiger partial charge is 0.328 e. The third-order valence-electron chi connectivity index (χ3n) is 5.47. The number of aromatic amines is 1. The topological polar surface area (TPSA) is 121 Å². The van der Waals surface area contributed by atoms with Gasteiger partial charge in [-0.25, -0.2) is 4.79 Å². The van der Waals surface area contributed by atoms with Gasteiger partial charge in [0.25, 0.3) is 11.5 Å². The number of carboxylic acid groups (broad SMARTS) is 1. The molecule has 1 aliphatic rings. The summed E-state index contributed by atoms with van der Waals surface area (Å²) < 4.78 is 1.09. The van der Waals surface area contributed by atoms with Gasteiger partial charge in [0.1, 0.15) is 0 Å². The van der Waals surface area contributed by atoms with E-state index >= 15 is 0 Å². The monoisotopic (exact) mass is 373 g/mol. The number of hydrogen-bond donors (Lipinski definition) is 3. The van der Waals surface area contributed by atoms with Crippen LogP contribution in [0.25, 0.3) is 10.9 Å². The van der Waals surface area contributed by atoms with E-state index in [2.05, 4.69) is 10.3 Å². The van der Waals surface area contributed by atoms with Crippen molar-refractivity contribution in [3.63, 3.8) is 0 Å². The number of rotatable bonds is 4. The van der Waals surface area contributed by atoms with Crippen molar-refractivity contribution in [2.45, 2.75) is 51.6 Å². The Morgan fingerprint density at radius 2 is 2.07 bits per heavy atom. The molecule has 8 nitrogen and oxygen atoms in total. The number of nitrogens with one attached hydrogen (secondary N) is 2. The average molecular weight is 373 g/mol. The van der Waals surface area contributed by atoms with Crippen LogP contribution in [0.15, 0.2) is 27.8 Å². The molecule has 0 radical (unpaired) electrons. The Hall–Kier alpha value is -2.90. The highest BCUT2D eigenvalue weighted by Gasteiger charge is 2.42. The van der Waals surface area contributed by atoms with Gasteiger partial charge in [-0.1, -0.05) is 12.8 Å². The highest BCUT2D eigenvalue weighted by molar-refractivity contribution is 5.98. The maximum Gasteiger partial charge on any atom is 0.328 e. The number of carboxylic acids is 1. The number of carbonyl (C=O) groups excluding carboxylic acids is 1. The second-order valence-corrected chi connectivity index (χ2v) is 7.25. The lowest BCUT2D eigenvalue weighted by Crippen LogP contribution is -2.55. The molecule has 1 fully saturated rings. The van der Waals surface area contributed by atoms with E-state index in [1.54, 1.807) is 13.8 Å². The molecule has 27 heavy (non-hydrogen) atoms. The molecule has 3 N–H and O–H groups in total. The first-order valence-electron chi connectivity index (χ1n) is 9.09. The number of aromatic nitrogens is 2. The largest absolute Gasteiger partial charge is 0.481 e.